The number of nitriles is 1. The number of nitrogens with one attached hydrogen (secondary N) is 1. The number of nitrogens with zero attached hydrogens (tertiary/aromatic N) is 1. The summed E-state index contributed by atoms with van der Waals surface area (Å²) in [6, 6.07) is 10.3. The van der Waals surface area contributed by atoms with Gasteiger partial charge in [0, 0.05) is 6.54 Å². The summed E-state index contributed by atoms with van der Waals surface area (Å²) in [4.78, 5) is 0. The molecular weight excluding hydrogens is 265 g/mol. The van der Waals surface area contributed by atoms with E-state index in [0.29, 0.717) is 12.0 Å². The van der Waals surface area contributed by atoms with Gasteiger partial charge in [-0.2, -0.15) is 5.26 Å². The monoisotopic (exact) mass is 276 g/mol. The number of halogens is 3. The number of hydrogen-bond acceptors (Lipinski definition) is 2. The zero-order chi connectivity index (χ0) is 14.5. The van der Waals surface area contributed by atoms with Crippen LogP contribution in [0.2, 0.25) is 0 Å². The molecule has 0 amide bonds. The lowest BCUT2D eigenvalue weighted by Crippen LogP contribution is -2.08. The van der Waals surface area contributed by atoms with Gasteiger partial charge in [0.25, 0.3) is 0 Å². The number of benzene rings is 2. The first-order chi connectivity index (χ1) is 9.63. The molecule has 2 rings (SSSR count). The fourth-order valence-corrected chi connectivity index (χ4v) is 1.81. The summed E-state index contributed by atoms with van der Waals surface area (Å²) in [5.74, 6) is -2.61. The summed E-state index contributed by atoms with van der Waals surface area (Å²) in [6.07, 6.45) is 0.341. The minimum Gasteiger partial charge on any atom is -0.382 e. The maximum atomic E-state index is 13.6. The highest BCUT2D eigenvalue weighted by atomic mass is 19.2. The SMILES string of the molecule is N#Cc1ccc(NCCc2ccccc2F)c(F)c1F. The molecule has 2 aromatic carbocycles. The third-order valence-corrected chi connectivity index (χ3v) is 2.87. The van der Waals surface area contributed by atoms with Crippen LogP contribution in [0.25, 0.3) is 0 Å². The molecule has 0 heterocycles. The first-order valence-corrected chi connectivity index (χ1v) is 5.99. The minimum atomic E-state index is -1.18. The second kappa shape index (κ2) is 6.11. The Bertz CT molecular complexity index is 663. The Labute approximate surface area is 114 Å². The molecule has 0 radical (unpaired) electrons. The minimum absolute atomic E-state index is 0.0437. The standard InChI is InChI=1S/C15H11F3N2/c16-12-4-2-1-3-10(12)7-8-20-13-6-5-11(9-19)14(17)15(13)18/h1-6,20H,7-8H2. The molecule has 20 heavy (non-hydrogen) atoms. The van der Waals surface area contributed by atoms with E-state index in [4.69, 9.17) is 5.26 Å². The number of anilines is 1. The molecule has 2 nitrogen and oxygen atoms in total. The van der Waals surface area contributed by atoms with E-state index < -0.39 is 11.6 Å². The van der Waals surface area contributed by atoms with E-state index in [1.165, 1.54) is 18.2 Å². The van der Waals surface area contributed by atoms with Gasteiger partial charge in [-0.1, -0.05) is 18.2 Å². The summed E-state index contributed by atoms with van der Waals surface area (Å²) in [5.41, 5.74) is 0.106. The molecule has 2 aromatic rings. The summed E-state index contributed by atoms with van der Waals surface area (Å²) in [6.45, 7) is 0.253. The van der Waals surface area contributed by atoms with E-state index in [1.807, 2.05) is 0 Å². The molecule has 0 aliphatic heterocycles. The summed E-state index contributed by atoms with van der Waals surface area (Å²) in [5, 5.41) is 11.3. The number of rotatable bonds is 4. The summed E-state index contributed by atoms with van der Waals surface area (Å²) >= 11 is 0. The van der Waals surface area contributed by atoms with Crippen molar-refractivity contribution in [3.8, 4) is 6.07 Å². The van der Waals surface area contributed by atoms with Crippen molar-refractivity contribution in [2.75, 3.05) is 11.9 Å². The molecule has 0 aliphatic rings. The molecule has 0 saturated heterocycles. The average molecular weight is 276 g/mol. The van der Waals surface area contributed by atoms with Crippen LogP contribution in [0.1, 0.15) is 11.1 Å². The van der Waals surface area contributed by atoms with Gasteiger partial charge in [-0.05, 0) is 30.2 Å². The lowest BCUT2D eigenvalue weighted by molar-refractivity contribution is 0.508. The molecule has 0 aliphatic carbocycles. The first kappa shape index (κ1) is 13.9. The Morgan fingerprint density at radius 3 is 2.45 bits per heavy atom. The predicted molar refractivity (Wildman–Crippen MR) is 69.7 cm³/mol. The van der Waals surface area contributed by atoms with Crippen molar-refractivity contribution in [1.82, 2.24) is 0 Å². The first-order valence-electron chi connectivity index (χ1n) is 5.99. The Kier molecular flexibility index (Phi) is 4.26. The van der Waals surface area contributed by atoms with Crippen molar-refractivity contribution in [1.29, 1.82) is 5.26 Å². The maximum absolute atomic E-state index is 13.6. The molecule has 0 bridgehead atoms. The molecule has 5 heteroatoms. The summed E-state index contributed by atoms with van der Waals surface area (Å²) in [7, 11) is 0. The highest BCUT2D eigenvalue weighted by Gasteiger charge is 2.12. The summed E-state index contributed by atoms with van der Waals surface area (Å²) < 4.78 is 40.3. The number of hydrogen-bond donors (Lipinski definition) is 1. The molecule has 102 valence electrons. The molecule has 0 spiro atoms. The zero-order valence-corrected chi connectivity index (χ0v) is 10.5. The highest BCUT2D eigenvalue weighted by Crippen LogP contribution is 2.20. The van der Waals surface area contributed by atoms with Crippen molar-refractivity contribution in [3.63, 3.8) is 0 Å². The van der Waals surface area contributed by atoms with Crippen molar-refractivity contribution < 1.29 is 13.2 Å². The van der Waals surface area contributed by atoms with Crippen molar-refractivity contribution in [2.45, 2.75) is 6.42 Å². The molecule has 0 unspecified atom stereocenters. The van der Waals surface area contributed by atoms with E-state index in [-0.39, 0.29) is 23.6 Å². The Morgan fingerprint density at radius 2 is 1.75 bits per heavy atom. The van der Waals surface area contributed by atoms with Crippen molar-refractivity contribution >= 4 is 5.69 Å². The maximum Gasteiger partial charge on any atom is 0.183 e. The van der Waals surface area contributed by atoms with E-state index in [1.54, 1.807) is 24.3 Å². The van der Waals surface area contributed by atoms with Gasteiger partial charge in [-0.15, -0.1) is 0 Å². The highest BCUT2D eigenvalue weighted by molar-refractivity contribution is 5.49. The Hall–Kier alpha value is -2.48. The molecule has 1 N–H and O–H groups in total. The smallest absolute Gasteiger partial charge is 0.183 e. The van der Waals surface area contributed by atoms with Crippen LogP contribution in [0, 0.1) is 28.8 Å². The quantitative estimate of drug-likeness (QED) is 0.925. The Morgan fingerprint density at radius 1 is 1.00 bits per heavy atom. The van der Waals surface area contributed by atoms with E-state index in [0.717, 1.165) is 0 Å². The fraction of sp³-hybridized carbons (Fsp3) is 0.133. The Balaban J connectivity index is 2.04. The van der Waals surface area contributed by atoms with Gasteiger partial charge in [-0.25, -0.2) is 13.2 Å². The van der Waals surface area contributed by atoms with Crippen LogP contribution < -0.4 is 5.32 Å². The van der Waals surface area contributed by atoms with Gasteiger partial charge < -0.3 is 5.32 Å². The second-order valence-corrected chi connectivity index (χ2v) is 4.17. The van der Waals surface area contributed by atoms with Crippen LogP contribution in [0.3, 0.4) is 0 Å². The van der Waals surface area contributed by atoms with Gasteiger partial charge in [0.05, 0.1) is 11.3 Å². The molecule has 0 fully saturated rings. The van der Waals surface area contributed by atoms with Gasteiger partial charge in [0.2, 0.25) is 0 Å². The van der Waals surface area contributed by atoms with Crippen molar-refractivity contribution in [2.24, 2.45) is 0 Å². The second-order valence-electron chi connectivity index (χ2n) is 4.17. The zero-order valence-electron chi connectivity index (χ0n) is 10.5. The van der Waals surface area contributed by atoms with Gasteiger partial charge in [0.15, 0.2) is 11.6 Å². The van der Waals surface area contributed by atoms with Crippen LogP contribution in [-0.4, -0.2) is 6.54 Å². The third-order valence-electron chi connectivity index (χ3n) is 2.87. The third kappa shape index (κ3) is 2.91. The molecule has 0 saturated carbocycles. The van der Waals surface area contributed by atoms with Gasteiger partial charge in [-0.3, -0.25) is 0 Å². The van der Waals surface area contributed by atoms with Crippen LogP contribution in [0.4, 0.5) is 18.9 Å². The molecule has 0 atom stereocenters. The van der Waals surface area contributed by atoms with E-state index in [9.17, 15) is 13.2 Å². The van der Waals surface area contributed by atoms with Crippen LogP contribution in [0.5, 0.6) is 0 Å². The van der Waals surface area contributed by atoms with Crippen LogP contribution >= 0.6 is 0 Å². The topological polar surface area (TPSA) is 35.8 Å². The fourth-order valence-electron chi connectivity index (χ4n) is 1.81. The lowest BCUT2D eigenvalue weighted by Gasteiger charge is -2.09. The normalized spacial score (nSPS) is 10.1. The molecule has 0 aromatic heterocycles. The predicted octanol–water partition coefficient (Wildman–Crippen LogP) is 3.63. The van der Waals surface area contributed by atoms with Crippen molar-refractivity contribution in [3.05, 3.63) is 65.0 Å². The molecular formula is C15H11F3N2. The lowest BCUT2D eigenvalue weighted by atomic mass is 10.1. The van der Waals surface area contributed by atoms with Crippen LogP contribution in [-0.2, 0) is 6.42 Å². The van der Waals surface area contributed by atoms with E-state index >= 15 is 0 Å². The van der Waals surface area contributed by atoms with Crippen LogP contribution in [0.15, 0.2) is 36.4 Å². The largest absolute Gasteiger partial charge is 0.382 e. The van der Waals surface area contributed by atoms with Gasteiger partial charge >= 0.3 is 0 Å². The van der Waals surface area contributed by atoms with Gasteiger partial charge in [0.1, 0.15) is 11.9 Å². The average Bonchev–Trinajstić information content (AvgIpc) is 2.46. The van der Waals surface area contributed by atoms with E-state index in [2.05, 4.69) is 5.32 Å².